The van der Waals surface area contributed by atoms with Gasteiger partial charge in [-0.1, -0.05) is 30.3 Å². The Morgan fingerprint density at radius 3 is 1.89 bits per heavy atom. The van der Waals surface area contributed by atoms with Gasteiger partial charge in [-0.15, -0.1) is 0 Å². The topological polar surface area (TPSA) is 60.2 Å². The molecular weight excluding hydrogens is 325 g/mol. The Hall–Kier alpha value is -1.83. The van der Waals surface area contributed by atoms with E-state index in [0.29, 0.717) is 11.1 Å². The number of nitrogens with zero attached hydrogens (tertiary/aromatic N) is 1. The number of non-ortho nitro benzene ring substituents is 1. The second kappa shape index (κ2) is 6.20. The Balaban J connectivity index is 0.00000162. The van der Waals surface area contributed by atoms with Gasteiger partial charge in [0.1, 0.15) is 0 Å². The Kier molecular flexibility index (Phi) is 4.90. The second-order valence-electron chi connectivity index (χ2n) is 3.50. The van der Waals surface area contributed by atoms with Crippen LogP contribution < -0.4 is 0 Å². The summed E-state index contributed by atoms with van der Waals surface area (Å²) in [6.45, 7) is 0. The molecule has 0 saturated heterocycles. The first-order valence-electron chi connectivity index (χ1n) is 5.02. The standard InChI is InChI=1S/C13H9NO3.Pd/c15-13(10-4-2-1-3-5-10)11-6-8-12(9-7-11)14(16)17;/h1-9H;/q;+2. The minimum Gasteiger partial charge on any atom is -0.289 e. The molecule has 0 aliphatic carbocycles. The minimum atomic E-state index is -0.489. The first-order valence-corrected chi connectivity index (χ1v) is 5.02. The fourth-order valence-corrected chi connectivity index (χ4v) is 1.49. The molecule has 2 aromatic rings. The molecule has 5 heteroatoms. The van der Waals surface area contributed by atoms with Crippen LogP contribution in [0.15, 0.2) is 54.6 Å². The number of hydrogen-bond acceptors (Lipinski definition) is 3. The van der Waals surface area contributed by atoms with Crippen LogP contribution >= 0.6 is 0 Å². The van der Waals surface area contributed by atoms with E-state index in [0.717, 1.165) is 0 Å². The average Bonchev–Trinajstić information content (AvgIpc) is 2.39. The summed E-state index contributed by atoms with van der Waals surface area (Å²) in [6, 6.07) is 14.4. The number of ketones is 1. The van der Waals surface area contributed by atoms with Crippen LogP contribution in [0.4, 0.5) is 5.69 Å². The van der Waals surface area contributed by atoms with Crippen molar-refractivity contribution in [2.24, 2.45) is 0 Å². The maximum atomic E-state index is 12.0. The predicted octanol–water partition coefficient (Wildman–Crippen LogP) is 2.82. The molecule has 0 spiro atoms. The van der Waals surface area contributed by atoms with Crippen molar-refractivity contribution in [3.8, 4) is 0 Å². The quantitative estimate of drug-likeness (QED) is 0.375. The molecule has 92 valence electrons. The summed E-state index contributed by atoms with van der Waals surface area (Å²) in [5.74, 6) is -0.138. The first kappa shape index (κ1) is 14.2. The van der Waals surface area contributed by atoms with Gasteiger partial charge in [0.05, 0.1) is 4.92 Å². The van der Waals surface area contributed by atoms with E-state index in [4.69, 9.17) is 0 Å². The fourth-order valence-electron chi connectivity index (χ4n) is 1.49. The molecule has 0 heterocycles. The third kappa shape index (κ3) is 3.10. The van der Waals surface area contributed by atoms with Crippen molar-refractivity contribution in [2.45, 2.75) is 0 Å². The molecule has 0 aromatic heterocycles. The van der Waals surface area contributed by atoms with Gasteiger partial charge < -0.3 is 0 Å². The smallest absolute Gasteiger partial charge is 0.289 e. The molecule has 0 atom stereocenters. The van der Waals surface area contributed by atoms with Gasteiger partial charge in [0.25, 0.3) is 5.69 Å². The molecule has 0 amide bonds. The molecule has 0 bridgehead atoms. The number of nitro groups is 1. The van der Waals surface area contributed by atoms with Crippen molar-refractivity contribution in [3.05, 3.63) is 75.8 Å². The summed E-state index contributed by atoms with van der Waals surface area (Å²) >= 11 is 0. The van der Waals surface area contributed by atoms with Crippen LogP contribution in [-0.2, 0) is 20.4 Å². The van der Waals surface area contributed by atoms with Gasteiger partial charge in [0.15, 0.2) is 5.78 Å². The van der Waals surface area contributed by atoms with Crippen molar-refractivity contribution in [2.75, 3.05) is 0 Å². The summed E-state index contributed by atoms with van der Waals surface area (Å²) < 4.78 is 0. The number of carbonyl (C=O) groups excluding carboxylic acids is 1. The normalized spacial score (nSPS) is 9.33. The van der Waals surface area contributed by atoms with E-state index < -0.39 is 4.92 Å². The van der Waals surface area contributed by atoms with Gasteiger partial charge >= 0.3 is 20.4 Å². The van der Waals surface area contributed by atoms with Gasteiger partial charge in [-0.05, 0) is 12.1 Å². The van der Waals surface area contributed by atoms with Gasteiger partial charge in [-0.25, -0.2) is 0 Å². The van der Waals surface area contributed by atoms with Crippen LogP contribution in [0.2, 0.25) is 0 Å². The molecule has 0 radical (unpaired) electrons. The molecule has 0 N–H and O–H groups in total. The number of carbonyl (C=O) groups is 1. The van der Waals surface area contributed by atoms with Crippen LogP contribution in [0.1, 0.15) is 15.9 Å². The van der Waals surface area contributed by atoms with Crippen LogP contribution in [0, 0.1) is 10.1 Å². The van der Waals surface area contributed by atoms with Crippen molar-refractivity contribution in [3.63, 3.8) is 0 Å². The Morgan fingerprint density at radius 2 is 1.39 bits per heavy atom. The second-order valence-corrected chi connectivity index (χ2v) is 3.50. The zero-order valence-electron chi connectivity index (χ0n) is 9.18. The number of nitro benzene ring substituents is 1. The maximum Gasteiger partial charge on any atom is 2.00 e. The maximum absolute atomic E-state index is 12.0. The molecule has 2 rings (SSSR count). The fraction of sp³-hybridized carbons (Fsp3) is 0. The molecule has 0 aliphatic rings. The van der Waals surface area contributed by atoms with Gasteiger partial charge in [0, 0.05) is 23.3 Å². The third-order valence-electron chi connectivity index (χ3n) is 2.38. The molecule has 0 unspecified atom stereocenters. The number of rotatable bonds is 3. The molecular formula is C13H9NO3Pd+2. The Bertz CT molecular complexity index is 552. The first-order chi connectivity index (χ1) is 8.18. The van der Waals surface area contributed by atoms with E-state index in [1.54, 1.807) is 24.3 Å². The SMILES string of the molecule is O=C(c1ccccc1)c1ccc([N+](=O)[O-])cc1.[Pd+2]. The van der Waals surface area contributed by atoms with Gasteiger partial charge in [0.2, 0.25) is 0 Å². The van der Waals surface area contributed by atoms with E-state index in [2.05, 4.69) is 0 Å². The molecule has 2 aromatic carbocycles. The van der Waals surface area contributed by atoms with E-state index in [-0.39, 0.29) is 31.9 Å². The van der Waals surface area contributed by atoms with Crippen molar-refractivity contribution >= 4 is 11.5 Å². The molecule has 0 aliphatic heterocycles. The summed E-state index contributed by atoms with van der Waals surface area (Å²) in [4.78, 5) is 21.9. The van der Waals surface area contributed by atoms with Crippen LogP contribution in [0.5, 0.6) is 0 Å². The number of benzene rings is 2. The molecule has 4 nitrogen and oxygen atoms in total. The molecule has 18 heavy (non-hydrogen) atoms. The molecule has 0 saturated carbocycles. The summed E-state index contributed by atoms with van der Waals surface area (Å²) in [5, 5.41) is 10.5. The summed E-state index contributed by atoms with van der Waals surface area (Å²) in [6.07, 6.45) is 0. The minimum absolute atomic E-state index is 0. The molecule has 0 fully saturated rings. The van der Waals surface area contributed by atoms with Gasteiger partial charge in [-0.2, -0.15) is 0 Å². The van der Waals surface area contributed by atoms with E-state index >= 15 is 0 Å². The average molecular weight is 334 g/mol. The third-order valence-corrected chi connectivity index (χ3v) is 2.38. The monoisotopic (exact) mass is 333 g/mol. The van der Waals surface area contributed by atoms with E-state index in [9.17, 15) is 14.9 Å². The van der Waals surface area contributed by atoms with Gasteiger partial charge in [-0.3, -0.25) is 14.9 Å². The van der Waals surface area contributed by atoms with Crippen LogP contribution in [0.25, 0.3) is 0 Å². The largest absolute Gasteiger partial charge is 2.00 e. The number of hydrogen-bond donors (Lipinski definition) is 0. The Labute approximate surface area is 117 Å². The predicted molar refractivity (Wildman–Crippen MR) is 63.0 cm³/mol. The van der Waals surface area contributed by atoms with E-state index in [1.165, 1.54) is 24.3 Å². The van der Waals surface area contributed by atoms with Crippen molar-refractivity contribution in [1.29, 1.82) is 0 Å². The van der Waals surface area contributed by atoms with Crippen molar-refractivity contribution < 1.29 is 30.1 Å². The van der Waals surface area contributed by atoms with Crippen LogP contribution in [0.3, 0.4) is 0 Å². The van der Waals surface area contributed by atoms with Crippen LogP contribution in [-0.4, -0.2) is 10.7 Å². The zero-order valence-corrected chi connectivity index (χ0v) is 10.7. The van der Waals surface area contributed by atoms with Crippen molar-refractivity contribution in [1.82, 2.24) is 0 Å². The Morgan fingerprint density at radius 1 is 0.889 bits per heavy atom. The summed E-state index contributed by atoms with van der Waals surface area (Å²) in [5.41, 5.74) is 0.998. The zero-order chi connectivity index (χ0) is 12.3. The summed E-state index contributed by atoms with van der Waals surface area (Å²) in [7, 11) is 0. The van der Waals surface area contributed by atoms with E-state index in [1.807, 2.05) is 6.07 Å².